The van der Waals surface area contributed by atoms with Crippen molar-refractivity contribution >= 4 is 38.9 Å². The number of amides is 1. The van der Waals surface area contributed by atoms with Gasteiger partial charge in [-0.1, -0.05) is 17.4 Å². The summed E-state index contributed by atoms with van der Waals surface area (Å²) in [5, 5.41) is 2.74. The maximum absolute atomic E-state index is 13.0. The smallest absolute Gasteiger partial charge is 0.298 e. The molecular formula is C17H11F3N2O2S. The first-order valence-corrected chi connectivity index (χ1v) is 7.94. The van der Waals surface area contributed by atoms with Crippen LogP contribution < -0.4 is 5.32 Å². The summed E-state index contributed by atoms with van der Waals surface area (Å²) in [5.74, 6) is -0.680. The maximum Gasteiger partial charge on any atom is 0.416 e. The number of alkyl halides is 3. The van der Waals surface area contributed by atoms with Crippen molar-refractivity contribution < 1.29 is 22.8 Å². The van der Waals surface area contributed by atoms with Crippen LogP contribution in [0.15, 0.2) is 36.4 Å². The predicted molar refractivity (Wildman–Crippen MR) is 89.1 cm³/mol. The van der Waals surface area contributed by atoms with E-state index < -0.39 is 17.6 Å². The van der Waals surface area contributed by atoms with E-state index in [4.69, 9.17) is 0 Å². The summed E-state index contributed by atoms with van der Waals surface area (Å²) >= 11 is 1.14. The van der Waals surface area contributed by atoms with E-state index in [0.29, 0.717) is 22.1 Å². The Morgan fingerprint density at radius 2 is 1.96 bits per heavy atom. The van der Waals surface area contributed by atoms with Crippen LogP contribution in [-0.4, -0.2) is 17.2 Å². The molecule has 3 rings (SSSR count). The molecule has 1 aromatic heterocycles. The Morgan fingerprint density at radius 3 is 2.64 bits per heavy atom. The number of halogens is 3. The second kappa shape index (κ2) is 6.29. The van der Waals surface area contributed by atoms with Gasteiger partial charge in [0.15, 0.2) is 5.13 Å². The van der Waals surface area contributed by atoms with Gasteiger partial charge in [0, 0.05) is 11.1 Å². The molecule has 0 bridgehead atoms. The molecule has 0 aliphatic heterocycles. The molecule has 0 aliphatic carbocycles. The third kappa shape index (κ3) is 3.53. The molecular weight excluding hydrogens is 353 g/mol. The van der Waals surface area contributed by atoms with E-state index >= 15 is 0 Å². The van der Waals surface area contributed by atoms with Crippen LogP contribution >= 0.6 is 11.3 Å². The van der Waals surface area contributed by atoms with Gasteiger partial charge in [0.2, 0.25) is 0 Å². The van der Waals surface area contributed by atoms with Gasteiger partial charge >= 0.3 is 6.18 Å². The van der Waals surface area contributed by atoms with Gasteiger partial charge in [0.1, 0.15) is 6.29 Å². The number of benzene rings is 2. The number of anilines is 1. The van der Waals surface area contributed by atoms with Gasteiger partial charge in [-0.2, -0.15) is 13.2 Å². The van der Waals surface area contributed by atoms with Crippen LogP contribution in [0.3, 0.4) is 0 Å². The SMILES string of the molecule is Cc1ccc(C(=O)Nc2nc3ccc(C=O)cc3s2)cc1C(F)(F)F. The van der Waals surface area contributed by atoms with Crippen molar-refractivity contribution in [3.63, 3.8) is 0 Å². The minimum atomic E-state index is -4.53. The van der Waals surface area contributed by atoms with Crippen molar-refractivity contribution in [2.45, 2.75) is 13.1 Å². The Labute approximate surface area is 144 Å². The van der Waals surface area contributed by atoms with E-state index in [1.165, 1.54) is 19.1 Å². The molecule has 128 valence electrons. The molecule has 0 atom stereocenters. The molecule has 0 saturated heterocycles. The first-order valence-electron chi connectivity index (χ1n) is 7.13. The molecule has 3 aromatic rings. The zero-order valence-electron chi connectivity index (χ0n) is 12.8. The van der Waals surface area contributed by atoms with Gasteiger partial charge in [-0.25, -0.2) is 4.98 Å². The van der Waals surface area contributed by atoms with Crippen molar-refractivity contribution in [2.75, 3.05) is 5.32 Å². The summed E-state index contributed by atoms with van der Waals surface area (Å²) < 4.78 is 39.6. The zero-order chi connectivity index (χ0) is 18.2. The molecule has 0 fully saturated rings. The fourth-order valence-corrected chi connectivity index (χ4v) is 3.22. The number of hydrogen-bond donors (Lipinski definition) is 1. The van der Waals surface area contributed by atoms with Crippen molar-refractivity contribution in [2.24, 2.45) is 0 Å². The monoisotopic (exact) mass is 364 g/mol. The summed E-state index contributed by atoms with van der Waals surface area (Å²) in [5.41, 5.74) is 0.157. The summed E-state index contributed by atoms with van der Waals surface area (Å²) in [6, 6.07) is 8.27. The standard InChI is InChI=1S/C17H11F3N2O2S/c1-9-2-4-11(7-12(9)17(18,19)20)15(24)22-16-21-13-5-3-10(8-23)6-14(13)25-16/h2-8H,1H3,(H,21,22,24). The average Bonchev–Trinajstić information content (AvgIpc) is 2.95. The summed E-state index contributed by atoms with van der Waals surface area (Å²) in [4.78, 5) is 27.2. The Kier molecular flexibility index (Phi) is 4.30. The highest BCUT2D eigenvalue weighted by atomic mass is 32.1. The van der Waals surface area contributed by atoms with Crippen LogP contribution in [0.4, 0.5) is 18.3 Å². The highest BCUT2D eigenvalue weighted by Crippen LogP contribution is 2.33. The molecule has 1 heterocycles. The Balaban J connectivity index is 1.88. The highest BCUT2D eigenvalue weighted by molar-refractivity contribution is 7.22. The van der Waals surface area contributed by atoms with E-state index in [-0.39, 0.29) is 16.3 Å². The van der Waals surface area contributed by atoms with Crippen LogP contribution in [0.1, 0.15) is 31.8 Å². The fourth-order valence-electron chi connectivity index (χ4n) is 2.31. The number of aldehydes is 1. The van der Waals surface area contributed by atoms with Gasteiger partial charge in [0.25, 0.3) is 5.91 Å². The van der Waals surface area contributed by atoms with Crippen LogP contribution in [0.25, 0.3) is 10.2 Å². The third-order valence-electron chi connectivity index (χ3n) is 3.57. The molecule has 0 radical (unpaired) electrons. The molecule has 0 spiro atoms. The molecule has 25 heavy (non-hydrogen) atoms. The molecule has 0 aliphatic rings. The first kappa shape index (κ1) is 17.1. The van der Waals surface area contributed by atoms with Crippen molar-refractivity contribution in [1.29, 1.82) is 0 Å². The number of aromatic nitrogens is 1. The number of rotatable bonds is 3. The number of aryl methyl sites for hydroxylation is 1. The quantitative estimate of drug-likeness (QED) is 0.686. The predicted octanol–water partition coefficient (Wildman–Crippen LogP) is 4.69. The lowest BCUT2D eigenvalue weighted by molar-refractivity contribution is -0.138. The van der Waals surface area contributed by atoms with Gasteiger partial charge < -0.3 is 0 Å². The van der Waals surface area contributed by atoms with Gasteiger partial charge in [-0.3, -0.25) is 14.9 Å². The summed E-state index contributed by atoms with van der Waals surface area (Å²) in [6.45, 7) is 1.34. The highest BCUT2D eigenvalue weighted by Gasteiger charge is 2.33. The molecule has 0 saturated carbocycles. The number of nitrogens with zero attached hydrogens (tertiary/aromatic N) is 1. The lowest BCUT2D eigenvalue weighted by Gasteiger charge is -2.11. The number of thiazole rings is 1. The van der Waals surface area contributed by atoms with Crippen LogP contribution in [0, 0.1) is 6.92 Å². The Morgan fingerprint density at radius 1 is 1.20 bits per heavy atom. The van der Waals surface area contributed by atoms with Crippen LogP contribution in [-0.2, 0) is 6.18 Å². The maximum atomic E-state index is 13.0. The van der Waals surface area contributed by atoms with Crippen molar-refractivity contribution in [3.8, 4) is 0 Å². The Hall–Kier alpha value is -2.74. The lowest BCUT2D eigenvalue weighted by atomic mass is 10.0. The largest absolute Gasteiger partial charge is 0.416 e. The number of carbonyl (C=O) groups excluding carboxylic acids is 2. The Bertz CT molecular complexity index is 980. The molecule has 1 amide bonds. The van der Waals surface area contributed by atoms with Gasteiger partial charge in [0.05, 0.1) is 15.8 Å². The van der Waals surface area contributed by atoms with Gasteiger partial charge in [-0.15, -0.1) is 0 Å². The number of nitrogens with one attached hydrogen (secondary N) is 1. The molecule has 2 aromatic carbocycles. The molecule has 8 heteroatoms. The third-order valence-corrected chi connectivity index (χ3v) is 4.51. The summed E-state index contributed by atoms with van der Waals surface area (Å²) in [6.07, 6.45) is -3.83. The number of fused-ring (bicyclic) bond motifs is 1. The van der Waals surface area contributed by atoms with Crippen molar-refractivity contribution in [3.05, 3.63) is 58.7 Å². The zero-order valence-corrected chi connectivity index (χ0v) is 13.7. The fraction of sp³-hybridized carbons (Fsp3) is 0.118. The minimum Gasteiger partial charge on any atom is -0.298 e. The van der Waals surface area contributed by atoms with E-state index in [9.17, 15) is 22.8 Å². The normalized spacial score (nSPS) is 11.5. The van der Waals surface area contributed by atoms with E-state index in [2.05, 4.69) is 10.3 Å². The topological polar surface area (TPSA) is 59.1 Å². The first-order chi connectivity index (χ1) is 11.8. The number of carbonyl (C=O) groups is 2. The van der Waals surface area contributed by atoms with Crippen molar-refractivity contribution in [1.82, 2.24) is 4.98 Å². The van der Waals surface area contributed by atoms with E-state index in [1.54, 1.807) is 18.2 Å². The van der Waals surface area contributed by atoms with Crippen LogP contribution in [0.5, 0.6) is 0 Å². The lowest BCUT2D eigenvalue weighted by Crippen LogP contribution is -2.14. The van der Waals surface area contributed by atoms with E-state index in [1.807, 2.05) is 0 Å². The second-order valence-corrected chi connectivity index (χ2v) is 6.38. The van der Waals surface area contributed by atoms with Gasteiger partial charge in [-0.05, 0) is 42.8 Å². The molecule has 4 nitrogen and oxygen atoms in total. The van der Waals surface area contributed by atoms with Crippen LogP contribution in [0.2, 0.25) is 0 Å². The molecule has 0 unspecified atom stereocenters. The molecule has 1 N–H and O–H groups in total. The minimum absolute atomic E-state index is 0.0467. The van der Waals surface area contributed by atoms with E-state index in [0.717, 1.165) is 17.4 Å². The second-order valence-electron chi connectivity index (χ2n) is 5.35. The number of hydrogen-bond acceptors (Lipinski definition) is 4. The average molecular weight is 364 g/mol. The summed E-state index contributed by atoms with van der Waals surface area (Å²) in [7, 11) is 0.